The van der Waals surface area contributed by atoms with E-state index in [1.807, 2.05) is 13.8 Å². The monoisotopic (exact) mass is 800 g/mol. The van der Waals surface area contributed by atoms with E-state index in [-0.39, 0.29) is 0 Å². The van der Waals surface area contributed by atoms with Gasteiger partial charge >= 0.3 is 0 Å². The first-order chi connectivity index (χ1) is 30.6. The molecule has 5 heteroatoms. The van der Waals surface area contributed by atoms with Crippen molar-refractivity contribution in [2.75, 3.05) is 0 Å². The molecule has 62 heavy (non-hydrogen) atoms. The van der Waals surface area contributed by atoms with Crippen molar-refractivity contribution in [1.82, 2.24) is 19.5 Å². The minimum Gasteiger partial charge on any atom is -0.455 e. The van der Waals surface area contributed by atoms with Crippen LogP contribution in [0.1, 0.15) is 55.1 Å². The Hall–Kier alpha value is -7.63. The van der Waals surface area contributed by atoms with Gasteiger partial charge in [0.05, 0.1) is 11.2 Å². The smallest absolute Gasteiger partial charge is 0.238 e. The predicted octanol–water partition coefficient (Wildman–Crippen LogP) is 15.3. The fourth-order valence-corrected chi connectivity index (χ4v) is 9.55. The predicted molar refractivity (Wildman–Crippen MR) is 260 cm³/mol. The van der Waals surface area contributed by atoms with Crippen LogP contribution < -0.4 is 0 Å². The molecule has 5 nitrogen and oxygen atoms in total. The fraction of sp³-hybridized carbons (Fsp3) is 0.105. The first kappa shape index (κ1) is 37.4. The highest BCUT2D eigenvalue weighted by atomic mass is 16.3. The molecule has 0 unspecified atom stereocenters. The number of rotatable bonds is 5. The Kier molecular flexibility index (Phi) is 9.12. The minimum atomic E-state index is 0.558. The van der Waals surface area contributed by atoms with Crippen molar-refractivity contribution in [2.45, 2.75) is 40.5 Å². The molecule has 0 bridgehead atoms. The van der Waals surface area contributed by atoms with Gasteiger partial charge in [0.15, 0.2) is 11.6 Å². The molecule has 1 aliphatic rings. The number of aromatic nitrogens is 4. The Morgan fingerprint density at radius 1 is 0.613 bits per heavy atom. The molecule has 1 aliphatic carbocycles. The van der Waals surface area contributed by atoms with E-state index in [0.717, 1.165) is 95.4 Å². The lowest BCUT2D eigenvalue weighted by Crippen LogP contribution is -2.10. The number of furan rings is 1. The Morgan fingerprint density at radius 3 is 2.08 bits per heavy atom. The van der Waals surface area contributed by atoms with E-state index >= 15 is 0 Å². The van der Waals surface area contributed by atoms with Gasteiger partial charge in [-0.3, -0.25) is 4.57 Å². The average molecular weight is 801 g/mol. The maximum Gasteiger partial charge on any atom is 0.238 e. The molecule has 3 aromatic heterocycles. The summed E-state index contributed by atoms with van der Waals surface area (Å²) < 4.78 is 9.15. The molecule has 8 aromatic carbocycles. The zero-order chi connectivity index (χ0) is 41.9. The Balaban J connectivity index is 0.00000213. The third-order valence-electron chi connectivity index (χ3n) is 12.4. The molecular formula is C57H44N4O. The number of nitrogens with zero attached hydrogens (tertiary/aromatic N) is 4. The molecule has 0 atom stereocenters. The average Bonchev–Trinajstić information content (AvgIpc) is 3.88. The van der Waals surface area contributed by atoms with E-state index in [1.54, 1.807) is 0 Å². The van der Waals surface area contributed by atoms with Crippen LogP contribution in [-0.2, 0) is 6.42 Å². The highest BCUT2D eigenvalue weighted by Crippen LogP contribution is 2.43. The third kappa shape index (κ3) is 5.95. The highest BCUT2D eigenvalue weighted by Gasteiger charge is 2.26. The van der Waals surface area contributed by atoms with Gasteiger partial charge in [-0.1, -0.05) is 166 Å². The quantitative estimate of drug-likeness (QED) is 0.174. The number of hydrogen-bond donors (Lipinski definition) is 0. The first-order valence-corrected chi connectivity index (χ1v) is 21.7. The van der Waals surface area contributed by atoms with Crippen LogP contribution in [0.15, 0.2) is 168 Å². The summed E-state index contributed by atoms with van der Waals surface area (Å²) in [5, 5.41) is 10.3. The van der Waals surface area contributed by atoms with Gasteiger partial charge in [-0.05, 0) is 88.5 Å². The van der Waals surface area contributed by atoms with Gasteiger partial charge in [0.25, 0.3) is 0 Å². The van der Waals surface area contributed by atoms with Crippen molar-refractivity contribution in [3.63, 3.8) is 0 Å². The molecule has 3 heterocycles. The van der Waals surface area contributed by atoms with Gasteiger partial charge in [-0.15, -0.1) is 0 Å². The summed E-state index contributed by atoms with van der Waals surface area (Å²) in [5.74, 6) is 1.81. The number of para-hydroxylation sites is 1. The van der Waals surface area contributed by atoms with Crippen LogP contribution in [-0.4, -0.2) is 19.5 Å². The lowest BCUT2D eigenvalue weighted by molar-refractivity contribution is 0.668. The molecule has 0 amide bonds. The maximum absolute atomic E-state index is 6.86. The van der Waals surface area contributed by atoms with Crippen LogP contribution in [0, 0.1) is 6.92 Å². The third-order valence-corrected chi connectivity index (χ3v) is 12.4. The van der Waals surface area contributed by atoms with Gasteiger partial charge in [0.1, 0.15) is 11.2 Å². The SMILES string of the molecule is C/C=C(/c1cccc2c1oc1ccc3ccccc3c12)c1c(C)c2ccc3ccccc3c2n1-c1nc(-c2ccc3c(c2)C=CCC3)nc(-c2ccc3ccccc3c2)n1.CC. The molecule has 0 N–H and O–H groups in total. The second-order valence-corrected chi connectivity index (χ2v) is 15.8. The van der Waals surface area contributed by atoms with Crippen LogP contribution in [0.2, 0.25) is 0 Å². The van der Waals surface area contributed by atoms with E-state index in [2.05, 4.69) is 188 Å². The van der Waals surface area contributed by atoms with Crippen LogP contribution >= 0.6 is 0 Å². The normalized spacial score (nSPS) is 12.7. The number of fused-ring (bicyclic) bond motifs is 10. The zero-order valence-electron chi connectivity index (χ0n) is 35.3. The Labute approximate surface area is 360 Å². The van der Waals surface area contributed by atoms with Gasteiger partial charge in [-0.2, -0.15) is 9.97 Å². The molecule has 12 rings (SSSR count). The van der Waals surface area contributed by atoms with Crippen molar-refractivity contribution >= 4 is 76.8 Å². The van der Waals surface area contributed by atoms with Crippen LogP contribution in [0.25, 0.3) is 106 Å². The van der Waals surface area contributed by atoms with Crippen molar-refractivity contribution in [1.29, 1.82) is 0 Å². The minimum absolute atomic E-state index is 0.558. The van der Waals surface area contributed by atoms with Crippen molar-refractivity contribution in [2.24, 2.45) is 0 Å². The summed E-state index contributed by atoms with van der Waals surface area (Å²) in [6.07, 6.45) is 8.77. The second-order valence-electron chi connectivity index (χ2n) is 15.8. The fourth-order valence-electron chi connectivity index (χ4n) is 9.55. The van der Waals surface area contributed by atoms with Gasteiger partial charge in [-0.25, -0.2) is 4.98 Å². The largest absolute Gasteiger partial charge is 0.455 e. The van der Waals surface area contributed by atoms with E-state index < -0.39 is 0 Å². The molecule has 11 aromatic rings. The summed E-state index contributed by atoms with van der Waals surface area (Å²) >= 11 is 0. The number of hydrogen-bond acceptors (Lipinski definition) is 4. The summed E-state index contributed by atoms with van der Waals surface area (Å²) in [6, 6.07) is 53.9. The van der Waals surface area contributed by atoms with Crippen molar-refractivity contribution in [3.8, 4) is 28.7 Å². The van der Waals surface area contributed by atoms with Crippen molar-refractivity contribution in [3.05, 3.63) is 192 Å². The molecule has 0 saturated carbocycles. The molecule has 298 valence electrons. The molecular weight excluding hydrogens is 757 g/mol. The van der Waals surface area contributed by atoms with E-state index in [1.165, 1.54) is 27.3 Å². The highest BCUT2D eigenvalue weighted by molar-refractivity contribution is 6.20. The molecule has 0 saturated heterocycles. The summed E-state index contributed by atoms with van der Waals surface area (Å²) in [6.45, 7) is 8.34. The summed E-state index contributed by atoms with van der Waals surface area (Å²) in [5.41, 5.74) is 11.4. The van der Waals surface area contributed by atoms with Gasteiger partial charge < -0.3 is 4.42 Å². The standard InChI is InChI=1S/C55H38N4O.C2H6/c1-3-42(46-21-12-22-47-49-44-19-10-8-15-36(44)28-30-48(49)60-52(46)47)50-33(2)43-29-27-37-16-9-11-20-45(37)51(43)59(50)55-57-53(40-25-23-34-13-4-6-17-38(34)31-40)56-54(58-55)41-26-24-35-14-5-7-18-39(35)32-41;1-2/h3-4,6-13,15-32H,5,14H2,1-2H3;1-2H3/b42-3-;. The lowest BCUT2D eigenvalue weighted by Gasteiger charge is -2.17. The topological polar surface area (TPSA) is 56.7 Å². The second kappa shape index (κ2) is 15.1. The molecule has 0 spiro atoms. The van der Waals surface area contributed by atoms with Crippen LogP contribution in [0.5, 0.6) is 0 Å². The lowest BCUT2D eigenvalue weighted by atomic mass is 9.95. The number of aryl methyl sites for hydroxylation is 2. The van der Waals surface area contributed by atoms with Crippen LogP contribution in [0.4, 0.5) is 0 Å². The van der Waals surface area contributed by atoms with Crippen molar-refractivity contribution < 1.29 is 4.42 Å². The number of allylic oxidation sites excluding steroid dienone is 2. The summed E-state index contributed by atoms with van der Waals surface area (Å²) in [4.78, 5) is 16.1. The zero-order valence-corrected chi connectivity index (χ0v) is 35.3. The van der Waals surface area contributed by atoms with Crippen LogP contribution in [0.3, 0.4) is 0 Å². The van der Waals surface area contributed by atoms with Gasteiger partial charge in [0.2, 0.25) is 5.95 Å². The molecule has 0 aliphatic heterocycles. The maximum atomic E-state index is 6.86. The van der Waals surface area contributed by atoms with E-state index in [0.29, 0.717) is 17.6 Å². The molecule has 0 radical (unpaired) electrons. The first-order valence-electron chi connectivity index (χ1n) is 21.7. The molecule has 0 fully saturated rings. The Bertz CT molecular complexity index is 3640. The number of benzene rings is 8. The Morgan fingerprint density at radius 2 is 1.27 bits per heavy atom. The van der Waals surface area contributed by atoms with E-state index in [9.17, 15) is 0 Å². The summed E-state index contributed by atoms with van der Waals surface area (Å²) in [7, 11) is 0. The van der Waals surface area contributed by atoms with E-state index in [4.69, 9.17) is 19.4 Å². The van der Waals surface area contributed by atoms with Gasteiger partial charge in [0, 0.05) is 43.8 Å².